The Hall–Kier alpha value is -1.19. The highest BCUT2D eigenvalue weighted by Crippen LogP contribution is 2.41. The quantitative estimate of drug-likeness (QED) is 0.668. The molecule has 1 aromatic rings. The van der Waals surface area contributed by atoms with E-state index in [0.29, 0.717) is 6.04 Å². The smallest absolute Gasteiger partial charge is 0.140 e. The molecule has 0 atom stereocenters. The standard InChI is InChI=1S/C16H24N2O/c1-3-18(17)15-9-11-16(12-10-15,13(2)19)14-7-5-4-6-8-14/h4-8,15H,3,9-12,17H2,1-2H3. The molecule has 0 aromatic heterocycles. The number of nitrogens with zero attached hydrogens (tertiary/aromatic N) is 1. The summed E-state index contributed by atoms with van der Waals surface area (Å²) < 4.78 is 0. The molecule has 1 saturated carbocycles. The van der Waals surface area contributed by atoms with E-state index in [-0.39, 0.29) is 11.2 Å². The molecule has 0 bridgehead atoms. The van der Waals surface area contributed by atoms with Crippen LogP contribution in [0.2, 0.25) is 0 Å². The molecule has 1 fully saturated rings. The Labute approximate surface area is 115 Å². The Morgan fingerprint density at radius 2 is 1.89 bits per heavy atom. The first-order chi connectivity index (χ1) is 9.10. The fraction of sp³-hybridized carbons (Fsp3) is 0.562. The van der Waals surface area contributed by atoms with E-state index >= 15 is 0 Å². The van der Waals surface area contributed by atoms with E-state index in [4.69, 9.17) is 5.84 Å². The summed E-state index contributed by atoms with van der Waals surface area (Å²) in [6.45, 7) is 4.67. The van der Waals surface area contributed by atoms with Gasteiger partial charge in [-0.25, -0.2) is 5.01 Å². The highest BCUT2D eigenvalue weighted by atomic mass is 16.1. The van der Waals surface area contributed by atoms with Crippen LogP contribution in [0.5, 0.6) is 0 Å². The summed E-state index contributed by atoms with van der Waals surface area (Å²) >= 11 is 0. The zero-order valence-electron chi connectivity index (χ0n) is 11.9. The van der Waals surface area contributed by atoms with E-state index in [1.807, 2.05) is 23.2 Å². The van der Waals surface area contributed by atoms with Crippen LogP contribution in [0.25, 0.3) is 0 Å². The highest BCUT2D eigenvalue weighted by molar-refractivity contribution is 5.88. The van der Waals surface area contributed by atoms with Crippen LogP contribution in [0.15, 0.2) is 30.3 Å². The molecule has 2 N–H and O–H groups in total. The monoisotopic (exact) mass is 260 g/mol. The lowest BCUT2D eigenvalue weighted by Gasteiger charge is -2.41. The lowest BCUT2D eigenvalue weighted by molar-refractivity contribution is -0.124. The molecular weight excluding hydrogens is 236 g/mol. The summed E-state index contributed by atoms with van der Waals surface area (Å²) in [5.41, 5.74) is 0.882. The Morgan fingerprint density at radius 1 is 1.32 bits per heavy atom. The number of hydrogen-bond acceptors (Lipinski definition) is 3. The van der Waals surface area contributed by atoms with Gasteiger partial charge in [0.1, 0.15) is 5.78 Å². The number of nitrogens with two attached hydrogens (primary N) is 1. The predicted octanol–water partition coefficient (Wildman–Crippen LogP) is 2.65. The van der Waals surface area contributed by atoms with Crippen molar-refractivity contribution in [2.75, 3.05) is 6.54 Å². The van der Waals surface area contributed by atoms with Crippen LogP contribution >= 0.6 is 0 Å². The molecule has 1 aromatic carbocycles. The SMILES string of the molecule is CCN(N)C1CCC(C(C)=O)(c2ccccc2)CC1. The van der Waals surface area contributed by atoms with Crippen LogP contribution in [0, 0.1) is 0 Å². The van der Waals surface area contributed by atoms with Crippen molar-refractivity contribution in [2.24, 2.45) is 5.84 Å². The summed E-state index contributed by atoms with van der Waals surface area (Å²) in [6.07, 6.45) is 3.81. The third-order valence-electron chi connectivity index (χ3n) is 4.64. The molecule has 3 nitrogen and oxygen atoms in total. The van der Waals surface area contributed by atoms with Gasteiger partial charge in [0.25, 0.3) is 0 Å². The van der Waals surface area contributed by atoms with Gasteiger partial charge in [-0.3, -0.25) is 10.6 Å². The van der Waals surface area contributed by atoms with E-state index in [9.17, 15) is 4.79 Å². The second-order valence-electron chi connectivity index (χ2n) is 5.57. The second-order valence-corrected chi connectivity index (χ2v) is 5.57. The van der Waals surface area contributed by atoms with Gasteiger partial charge in [-0.1, -0.05) is 37.3 Å². The second kappa shape index (κ2) is 5.85. The molecule has 0 spiro atoms. The third kappa shape index (κ3) is 2.72. The van der Waals surface area contributed by atoms with E-state index in [1.165, 1.54) is 5.56 Å². The Morgan fingerprint density at radius 3 is 2.37 bits per heavy atom. The third-order valence-corrected chi connectivity index (χ3v) is 4.64. The van der Waals surface area contributed by atoms with Crippen molar-refractivity contribution in [1.82, 2.24) is 5.01 Å². The van der Waals surface area contributed by atoms with Gasteiger partial charge in [0.05, 0.1) is 5.41 Å². The van der Waals surface area contributed by atoms with Crippen LogP contribution in [0.3, 0.4) is 0 Å². The molecule has 3 heteroatoms. The number of rotatable bonds is 4. The number of hydrazine groups is 1. The number of Topliss-reactive ketones (excluding diaryl/α,β-unsaturated/α-hetero) is 1. The molecule has 19 heavy (non-hydrogen) atoms. The first-order valence-electron chi connectivity index (χ1n) is 7.18. The largest absolute Gasteiger partial charge is 0.299 e. The minimum absolute atomic E-state index is 0.285. The van der Waals surface area contributed by atoms with Crippen molar-refractivity contribution in [3.8, 4) is 0 Å². The summed E-state index contributed by atoms with van der Waals surface area (Å²) in [5, 5.41) is 1.91. The van der Waals surface area contributed by atoms with Crippen molar-refractivity contribution in [3.05, 3.63) is 35.9 Å². The number of carbonyl (C=O) groups is 1. The molecule has 0 amide bonds. The molecule has 0 aliphatic heterocycles. The Balaban J connectivity index is 2.19. The number of ketones is 1. The average molecular weight is 260 g/mol. The average Bonchev–Trinajstić information content (AvgIpc) is 2.47. The van der Waals surface area contributed by atoms with Crippen molar-refractivity contribution in [2.45, 2.75) is 51.0 Å². The van der Waals surface area contributed by atoms with Gasteiger partial charge < -0.3 is 0 Å². The molecule has 2 rings (SSSR count). The molecule has 104 valence electrons. The number of benzene rings is 1. The first-order valence-corrected chi connectivity index (χ1v) is 7.18. The highest BCUT2D eigenvalue weighted by Gasteiger charge is 2.41. The summed E-state index contributed by atoms with van der Waals surface area (Å²) in [5.74, 6) is 6.29. The molecule has 0 heterocycles. The Bertz CT molecular complexity index is 422. The summed E-state index contributed by atoms with van der Waals surface area (Å²) in [7, 11) is 0. The maximum Gasteiger partial charge on any atom is 0.140 e. The van der Waals surface area contributed by atoms with Crippen LogP contribution in [-0.2, 0) is 10.2 Å². The molecular formula is C16H24N2O. The van der Waals surface area contributed by atoms with Gasteiger partial charge in [0, 0.05) is 12.6 Å². The maximum atomic E-state index is 12.2. The van der Waals surface area contributed by atoms with E-state index < -0.39 is 0 Å². The van der Waals surface area contributed by atoms with E-state index in [1.54, 1.807) is 6.92 Å². The van der Waals surface area contributed by atoms with Crippen molar-refractivity contribution in [1.29, 1.82) is 0 Å². The van der Waals surface area contributed by atoms with Crippen molar-refractivity contribution in [3.63, 3.8) is 0 Å². The zero-order valence-corrected chi connectivity index (χ0v) is 11.9. The molecule has 0 saturated heterocycles. The topological polar surface area (TPSA) is 46.3 Å². The van der Waals surface area contributed by atoms with Crippen LogP contribution in [0.4, 0.5) is 0 Å². The lowest BCUT2D eigenvalue weighted by atomic mass is 9.66. The zero-order chi connectivity index (χ0) is 13.9. The minimum Gasteiger partial charge on any atom is -0.299 e. The molecule has 1 aliphatic rings. The van der Waals surface area contributed by atoms with Gasteiger partial charge in [-0.05, 0) is 38.2 Å². The van der Waals surface area contributed by atoms with Crippen LogP contribution < -0.4 is 5.84 Å². The van der Waals surface area contributed by atoms with E-state index in [0.717, 1.165) is 32.2 Å². The molecule has 1 aliphatic carbocycles. The van der Waals surface area contributed by atoms with Gasteiger partial charge in [0.15, 0.2) is 0 Å². The molecule has 0 unspecified atom stereocenters. The van der Waals surface area contributed by atoms with Gasteiger partial charge in [0.2, 0.25) is 0 Å². The minimum atomic E-state index is -0.285. The normalized spacial score (nSPS) is 27.5. The van der Waals surface area contributed by atoms with E-state index in [2.05, 4.69) is 19.1 Å². The van der Waals surface area contributed by atoms with Gasteiger partial charge in [-0.2, -0.15) is 0 Å². The van der Waals surface area contributed by atoms with Gasteiger partial charge >= 0.3 is 0 Å². The fourth-order valence-electron chi connectivity index (χ4n) is 3.29. The predicted molar refractivity (Wildman–Crippen MR) is 77.6 cm³/mol. The molecule has 0 radical (unpaired) electrons. The first kappa shape index (κ1) is 14.2. The van der Waals surface area contributed by atoms with Gasteiger partial charge in [-0.15, -0.1) is 0 Å². The number of carbonyl (C=O) groups excluding carboxylic acids is 1. The maximum absolute atomic E-state index is 12.2. The van der Waals surface area contributed by atoms with Crippen LogP contribution in [0.1, 0.15) is 45.1 Å². The summed E-state index contributed by atoms with van der Waals surface area (Å²) in [4.78, 5) is 12.2. The Kier molecular flexibility index (Phi) is 4.38. The van der Waals surface area contributed by atoms with Crippen molar-refractivity contribution >= 4 is 5.78 Å². The summed E-state index contributed by atoms with van der Waals surface area (Å²) in [6, 6.07) is 10.6. The van der Waals surface area contributed by atoms with Crippen LogP contribution in [-0.4, -0.2) is 23.4 Å². The number of hydrogen-bond donors (Lipinski definition) is 1. The lowest BCUT2D eigenvalue weighted by Crippen LogP contribution is -2.47. The fourth-order valence-corrected chi connectivity index (χ4v) is 3.29. The van der Waals surface area contributed by atoms with Crippen molar-refractivity contribution < 1.29 is 4.79 Å².